The lowest BCUT2D eigenvalue weighted by Gasteiger charge is -2.36. The second kappa shape index (κ2) is 10.9. The molecular formula is C22H26ClN5O3. The molecule has 0 aliphatic carbocycles. The fourth-order valence-corrected chi connectivity index (χ4v) is 3.76. The molecule has 1 fully saturated rings. The van der Waals surface area contributed by atoms with Crippen molar-refractivity contribution in [3.05, 3.63) is 59.2 Å². The van der Waals surface area contributed by atoms with Gasteiger partial charge in [0.05, 0.1) is 5.02 Å². The molecule has 1 aliphatic heterocycles. The van der Waals surface area contributed by atoms with Gasteiger partial charge in [0.25, 0.3) is 0 Å². The number of carbonyl (C=O) groups is 3. The standard InChI is InChI=1S/C22H26ClN5O3/c1-2-24-22(31)27-21(30)19(15-6-4-3-5-7-15)28-12-10-16(11-13-28)20(29)26-18-9-8-17(23)14-25-18/h3-9,14,16,19H,2,10-13H2,1H3,(H,25,26,29)(H2,24,27,30,31). The van der Waals surface area contributed by atoms with Gasteiger partial charge in [0, 0.05) is 18.7 Å². The average Bonchev–Trinajstić information content (AvgIpc) is 2.77. The van der Waals surface area contributed by atoms with Gasteiger partial charge in [-0.1, -0.05) is 41.9 Å². The lowest BCUT2D eigenvalue weighted by molar-refractivity contribution is -0.127. The van der Waals surface area contributed by atoms with Gasteiger partial charge in [0.15, 0.2) is 0 Å². The number of piperidine rings is 1. The molecule has 31 heavy (non-hydrogen) atoms. The van der Waals surface area contributed by atoms with Crippen molar-refractivity contribution in [3.63, 3.8) is 0 Å². The fraction of sp³-hybridized carbons (Fsp3) is 0.364. The number of hydrogen-bond donors (Lipinski definition) is 3. The molecule has 0 radical (unpaired) electrons. The van der Waals surface area contributed by atoms with Crippen molar-refractivity contribution in [2.24, 2.45) is 5.92 Å². The number of nitrogens with one attached hydrogen (secondary N) is 3. The van der Waals surface area contributed by atoms with Crippen molar-refractivity contribution in [2.75, 3.05) is 25.0 Å². The molecular weight excluding hydrogens is 418 g/mol. The highest BCUT2D eigenvalue weighted by atomic mass is 35.5. The van der Waals surface area contributed by atoms with Crippen molar-refractivity contribution in [3.8, 4) is 0 Å². The highest BCUT2D eigenvalue weighted by Crippen LogP contribution is 2.28. The van der Waals surface area contributed by atoms with Crippen LogP contribution in [0.3, 0.4) is 0 Å². The summed E-state index contributed by atoms with van der Waals surface area (Å²) >= 11 is 5.83. The normalized spacial score (nSPS) is 15.7. The molecule has 1 unspecified atom stereocenters. The van der Waals surface area contributed by atoms with Crippen LogP contribution in [0, 0.1) is 5.92 Å². The Morgan fingerprint density at radius 2 is 1.84 bits per heavy atom. The van der Waals surface area contributed by atoms with Crippen LogP contribution in [0.15, 0.2) is 48.7 Å². The molecule has 164 valence electrons. The molecule has 1 aromatic carbocycles. The Labute approximate surface area is 186 Å². The van der Waals surface area contributed by atoms with Crippen LogP contribution in [0.25, 0.3) is 0 Å². The quantitative estimate of drug-likeness (QED) is 0.636. The van der Waals surface area contributed by atoms with Crippen LogP contribution in [0.2, 0.25) is 5.02 Å². The van der Waals surface area contributed by atoms with Crippen LogP contribution in [-0.2, 0) is 9.59 Å². The van der Waals surface area contributed by atoms with Gasteiger partial charge in [0.2, 0.25) is 11.8 Å². The van der Waals surface area contributed by atoms with Crippen molar-refractivity contribution in [1.82, 2.24) is 20.5 Å². The van der Waals surface area contributed by atoms with Gasteiger partial charge in [-0.15, -0.1) is 0 Å². The van der Waals surface area contributed by atoms with E-state index in [9.17, 15) is 14.4 Å². The summed E-state index contributed by atoms with van der Waals surface area (Å²) in [6.07, 6.45) is 2.67. The van der Waals surface area contributed by atoms with E-state index < -0.39 is 12.1 Å². The van der Waals surface area contributed by atoms with Gasteiger partial charge in [-0.2, -0.15) is 0 Å². The van der Waals surface area contributed by atoms with Gasteiger partial charge < -0.3 is 10.6 Å². The third-order valence-corrected chi connectivity index (χ3v) is 5.41. The fourth-order valence-electron chi connectivity index (χ4n) is 3.65. The van der Waals surface area contributed by atoms with Gasteiger partial charge in [0.1, 0.15) is 11.9 Å². The Morgan fingerprint density at radius 1 is 1.13 bits per heavy atom. The molecule has 1 aromatic heterocycles. The van der Waals surface area contributed by atoms with E-state index in [1.807, 2.05) is 35.2 Å². The first kappa shape index (κ1) is 22.7. The molecule has 4 amide bonds. The van der Waals surface area contributed by atoms with Crippen LogP contribution >= 0.6 is 11.6 Å². The third-order valence-electron chi connectivity index (χ3n) is 5.18. The third kappa shape index (κ3) is 6.26. The number of nitrogens with zero attached hydrogens (tertiary/aromatic N) is 2. The van der Waals surface area contributed by atoms with Gasteiger partial charge in [-0.05, 0) is 50.6 Å². The molecule has 8 nitrogen and oxygen atoms in total. The zero-order valence-electron chi connectivity index (χ0n) is 17.3. The van der Waals surface area contributed by atoms with Gasteiger partial charge in [-0.25, -0.2) is 9.78 Å². The molecule has 9 heteroatoms. The number of aromatic nitrogens is 1. The number of imide groups is 1. The molecule has 0 bridgehead atoms. The number of urea groups is 1. The van der Waals surface area contributed by atoms with Crippen molar-refractivity contribution in [2.45, 2.75) is 25.8 Å². The Morgan fingerprint density at radius 3 is 2.45 bits per heavy atom. The maximum Gasteiger partial charge on any atom is 0.321 e. The summed E-state index contributed by atoms with van der Waals surface area (Å²) in [7, 11) is 0. The minimum atomic E-state index is -0.606. The van der Waals surface area contributed by atoms with E-state index in [2.05, 4.69) is 20.9 Å². The highest BCUT2D eigenvalue weighted by molar-refractivity contribution is 6.30. The first-order chi connectivity index (χ1) is 15.0. The summed E-state index contributed by atoms with van der Waals surface area (Å²) in [5.41, 5.74) is 0.803. The van der Waals surface area contributed by atoms with E-state index in [0.717, 1.165) is 5.56 Å². The maximum atomic E-state index is 12.9. The Balaban J connectivity index is 1.64. The number of likely N-dealkylation sites (tertiary alicyclic amines) is 1. The van der Waals surface area contributed by atoms with Crippen LogP contribution in [-0.4, -0.2) is 47.4 Å². The van der Waals surface area contributed by atoms with Crippen LogP contribution < -0.4 is 16.0 Å². The van der Waals surface area contributed by atoms with Crippen molar-refractivity contribution in [1.29, 1.82) is 0 Å². The first-order valence-corrected chi connectivity index (χ1v) is 10.7. The maximum absolute atomic E-state index is 12.9. The number of hydrogen-bond acceptors (Lipinski definition) is 5. The smallest absolute Gasteiger partial charge is 0.321 e. The minimum Gasteiger partial charge on any atom is -0.338 e. The van der Waals surface area contributed by atoms with Crippen molar-refractivity contribution < 1.29 is 14.4 Å². The summed E-state index contributed by atoms with van der Waals surface area (Å²) in [5.74, 6) is -0.208. The van der Waals surface area contributed by atoms with Gasteiger partial charge >= 0.3 is 6.03 Å². The molecule has 3 N–H and O–H groups in total. The SMILES string of the molecule is CCNC(=O)NC(=O)C(c1ccccc1)N1CCC(C(=O)Nc2ccc(Cl)cn2)CC1. The molecule has 1 aliphatic rings. The molecule has 2 heterocycles. The number of halogens is 1. The number of anilines is 1. The Bertz CT molecular complexity index is 899. The number of benzene rings is 1. The predicted octanol–water partition coefficient (Wildman–Crippen LogP) is 2.97. The van der Waals surface area contributed by atoms with E-state index in [4.69, 9.17) is 11.6 Å². The van der Waals surface area contributed by atoms with Gasteiger partial charge in [-0.3, -0.25) is 19.8 Å². The summed E-state index contributed by atoms with van der Waals surface area (Å²) < 4.78 is 0. The molecule has 1 saturated heterocycles. The van der Waals surface area contributed by atoms with Crippen molar-refractivity contribution >= 4 is 35.3 Å². The summed E-state index contributed by atoms with van der Waals surface area (Å²) in [5, 5.41) is 8.32. The zero-order valence-corrected chi connectivity index (χ0v) is 18.1. The van der Waals surface area contributed by atoms with Crippen LogP contribution in [0.5, 0.6) is 0 Å². The Hall–Kier alpha value is -2.97. The lowest BCUT2D eigenvalue weighted by Crippen LogP contribution is -2.49. The molecule has 2 aromatic rings. The molecule has 1 atom stereocenters. The first-order valence-electron chi connectivity index (χ1n) is 10.3. The number of rotatable bonds is 6. The molecule has 0 saturated carbocycles. The second-order valence-corrected chi connectivity index (χ2v) is 7.76. The largest absolute Gasteiger partial charge is 0.338 e. The number of pyridine rings is 1. The van der Waals surface area contributed by atoms with Crippen LogP contribution in [0.4, 0.5) is 10.6 Å². The number of carbonyl (C=O) groups excluding carboxylic acids is 3. The molecule has 3 rings (SSSR count). The average molecular weight is 444 g/mol. The summed E-state index contributed by atoms with van der Waals surface area (Å²) in [6.45, 7) is 3.31. The van der Waals surface area contributed by atoms with E-state index in [-0.39, 0.29) is 17.7 Å². The topological polar surface area (TPSA) is 103 Å². The number of amides is 4. The predicted molar refractivity (Wildman–Crippen MR) is 119 cm³/mol. The summed E-state index contributed by atoms with van der Waals surface area (Å²) in [6, 6.07) is 11.5. The van der Waals surface area contributed by atoms with E-state index in [1.165, 1.54) is 6.20 Å². The van der Waals surface area contributed by atoms with E-state index >= 15 is 0 Å². The van der Waals surface area contributed by atoms with Crippen LogP contribution in [0.1, 0.15) is 31.4 Å². The monoisotopic (exact) mass is 443 g/mol. The Kier molecular flexibility index (Phi) is 7.97. The summed E-state index contributed by atoms with van der Waals surface area (Å²) in [4.78, 5) is 43.5. The molecule has 0 spiro atoms. The van der Waals surface area contributed by atoms with E-state index in [0.29, 0.717) is 43.3 Å². The highest BCUT2D eigenvalue weighted by Gasteiger charge is 2.33. The van der Waals surface area contributed by atoms with E-state index in [1.54, 1.807) is 19.1 Å². The lowest BCUT2D eigenvalue weighted by atomic mass is 9.93. The minimum absolute atomic E-state index is 0.0995. The zero-order chi connectivity index (χ0) is 22.2. The second-order valence-electron chi connectivity index (χ2n) is 7.32.